The number of nitrogens with zero attached hydrogens (tertiary/aromatic N) is 6. The van der Waals surface area contributed by atoms with Crippen molar-refractivity contribution in [1.82, 2.24) is 39.7 Å². The first-order chi connectivity index (χ1) is 21.5. The average molecular weight is 617 g/mol. The van der Waals surface area contributed by atoms with Crippen LogP contribution in [0.4, 0.5) is 17.5 Å². The molecule has 2 fully saturated rings. The molecule has 0 bridgehead atoms. The van der Waals surface area contributed by atoms with Gasteiger partial charge in [0.05, 0.1) is 12.5 Å². The molecule has 13 heteroatoms. The third-order valence-corrected chi connectivity index (χ3v) is 8.94. The highest BCUT2D eigenvalue weighted by Crippen LogP contribution is 2.28. The summed E-state index contributed by atoms with van der Waals surface area (Å²) in [6.07, 6.45) is 7.59. The number of fused-ring (bicyclic) bond motifs is 1. The number of aryl methyl sites for hydroxylation is 1. The minimum atomic E-state index is -0.0840. The zero-order valence-corrected chi connectivity index (χ0v) is 25.9. The number of carbonyl (C=O) groups is 2. The molecule has 0 radical (unpaired) electrons. The van der Waals surface area contributed by atoms with E-state index in [4.69, 9.17) is 4.98 Å². The van der Waals surface area contributed by atoms with Gasteiger partial charge in [0, 0.05) is 41.6 Å². The van der Waals surface area contributed by atoms with Crippen molar-refractivity contribution in [3.8, 4) is 0 Å². The van der Waals surface area contributed by atoms with Crippen molar-refractivity contribution in [2.45, 2.75) is 49.1 Å². The van der Waals surface area contributed by atoms with Gasteiger partial charge in [-0.15, -0.1) is 0 Å². The first-order valence-electron chi connectivity index (χ1n) is 15.4. The van der Waals surface area contributed by atoms with E-state index in [0.717, 1.165) is 54.4 Å². The van der Waals surface area contributed by atoms with Crippen LogP contribution < -0.4 is 16.0 Å². The molecule has 2 aliphatic rings. The number of hydrogen-bond donors (Lipinski definition) is 4. The lowest BCUT2D eigenvalue weighted by atomic mass is 10.1. The van der Waals surface area contributed by atoms with Crippen LogP contribution in [-0.2, 0) is 9.59 Å². The molecule has 0 aliphatic carbocycles. The number of aromatic nitrogens is 5. The molecule has 12 nitrogen and oxygen atoms in total. The Labute approximate surface area is 261 Å². The van der Waals surface area contributed by atoms with Gasteiger partial charge in [-0.25, -0.2) is 4.98 Å². The topological polar surface area (TPSA) is 136 Å². The molecule has 0 unspecified atom stereocenters. The Hall–Kier alpha value is -3.94. The number of aromatic amines is 1. The van der Waals surface area contributed by atoms with E-state index in [2.05, 4.69) is 40.9 Å². The quantitative estimate of drug-likeness (QED) is 0.175. The molecule has 1 atom stereocenters. The van der Waals surface area contributed by atoms with Crippen LogP contribution in [0, 0.1) is 12.8 Å². The molecule has 3 aromatic heterocycles. The fraction of sp³-hybridized carbons (Fsp3) is 0.452. The number of H-pyrrole nitrogens is 1. The van der Waals surface area contributed by atoms with E-state index in [-0.39, 0.29) is 24.3 Å². The molecular formula is C31H40N10O2S. The maximum absolute atomic E-state index is 12.8. The largest absolute Gasteiger partial charge is 0.356 e. The van der Waals surface area contributed by atoms with E-state index >= 15 is 0 Å². The predicted molar refractivity (Wildman–Crippen MR) is 171 cm³/mol. The molecule has 4 aromatic rings. The Balaban J connectivity index is 0.951. The maximum Gasteiger partial charge on any atom is 0.238 e. The molecule has 4 N–H and O–H groups in total. The van der Waals surface area contributed by atoms with Crippen LogP contribution in [0.5, 0.6) is 0 Å². The first kappa shape index (κ1) is 30.1. The van der Waals surface area contributed by atoms with Crippen LogP contribution in [0.3, 0.4) is 0 Å². The van der Waals surface area contributed by atoms with Crippen molar-refractivity contribution < 1.29 is 9.59 Å². The summed E-state index contributed by atoms with van der Waals surface area (Å²) in [5, 5.41) is 17.1. The van der Waals surface area contributed by atoms with E-state index in [1.807, 2.05) is 60.0 Å². The summed E-state index contributed by atoms with van der Waals surface area (Å²) in [7, 11) is 0. The lowest BCUT2D eigenvalue weighted by Gasteiger charge is -2.26. The molecule has 0 spiro atoms. The molecule has 232 valence electrons. The summed E-state index contributed by atoms with van der Waals surface area (Å²) in [5.74, 6) is 1.27. The van der Waals surface area contributed by atoms with Crippen molar-refractivity contribution in [1.29, 1.82) is 0 Å². The fourth-order valence-electron chi connectivity index (χ4n) is 5.79. The standard InChI is InChI=1S/C31H40N10O2S/c1-22-19-26(38-37-22)34-30-36-31(35-27-7-5-17-41(27)30)44-25-10-8-24(9-11-25)33-28(42)21-40-18-12-23(20-40)29(43)32-13-6-16-39-14-3-2-4-15-39/h5,7-11,17,19,23H,2-4,6,12-16,18,20-21H2,1H3,(H,32,43)(H,33,42)(H2,34,35,36,37,38)/t23-/m1/s1. The summed E-state index contributed by atoms with van der Waals surface area (Å²) >= 11 is 1.44. The Morgan fingerprint density at radius 2 is 1.89 bits per heavy atom. The zero-order chi connectivity index (χ0) is 30.3. The smallest absolute Gasteiger partial charge is 0.238 e. The van der Waals surface area contributed by atoms with Gasteiger partial charge < -0.3 is 20.9 Å². The lowest BCUT2D eigenvalue weighted by Crippen LogP contribution is -2.37. The van der Waals surface area contributed by atoms with Gasteiger partial charge in [0.25, 0.3) is 0 Å². The number of hydrogen-bond acceptors (Lipinski definition) is 9. The van der Waals surface area contributed by atoms with Gasteiger partial charge >= 0.3 is 0 Å². The highest BCUT2D eigenvalue weighted by atomic mass is 32.2. The van der Waals surface area contributed by atoms with Crippen molar-refractivity contribution in [3.63, 3.8) is 0 Å². The molecule has 6 rings (SSSR count). The van der Waals surface area contributed by atoms with Gasteiger partial charge in [-0.05, 0) is 107 Å². The highest BCUT2D eigenvalue weighted by Gasteiger charge is 2.29. The first-order valence-corrected chi connectivity index (χ1v) is 16.2. The SMILES string of the molecule is Cc1cc(Nc2nc(Sc3ccc(NC(=O)CN4CC[C@@H](C(=O)NCCCN5CCCCC5)C4)cc3)nc3cccn23)n[nH]1. The monoisotopic (exact) mass is 616 g/mol. The van der Waals surface area contributed by atoms with Crippen LogP contribution in [0.2, 0.25) is 0 Å². The van der Waals surface area contributed by atoms with E-state index in [1.165, 1.54) is 44.1 Å². The fourth-order valence-corrected chi connectivity index (χ4v) is 6.54. The van der Waals surface area contributed by atoms with Crippen LogP contribution >= 0.6 is 11.8 Å². The summed E-state index contributed by atoms with van der Waals surface area (Å²) in [6, 6.07) is 13.4. The molecule has 2 amide bonds. The normalized spacial score (nSPS) is 17.6. The molecular weight excluding hydrogens is 576 g/mol. The molecule has 2 aliphatic heterocycles. The second kappa shape index (κ2) is 14.2. The van der Waals surface area contributed by atoms with Crippen molar-refractivity contribution in [3.05, 3.63) is 54.4 Å². The van der Waals surface area contributed by atoms with Gasteiger partial charge in [0.1, 0.15) is 5.65 Å². The van der Waals surface area contributed by atoms with Gasteiger partial charge in [-0.1, -0.05) is 6.42 Å². The highest BCUT2D eigenvalue weighted by molar-refractivity contribution is 7.99. The van der Waals surface area contributed by atoms with Crippen molar-refractivity contribution in [2.24, 2.45) is 5.92 Å². The second-order valence-electron chi connectivity index (χ2n) is 11.6. The Morgan fingerprint density at radius 3 is 2.68 bits per heavy atom. The summed E-state index contributed by atoms with van der Waals surface area (Å²) in [4.78, 5) is 40.3. The second-order valence-corrected chi connectivity index (χ2v) is 12.6. The van der Waals surface area contributed by atoms with E-state index in [1.54, 1.807) is 0 Å². The predicted octanol–water partition coefficient (Wildman–Crippen LogP) is 3.91. The van der Waals surface area contributed by atoms with Gasteiger partial charge in [0.2, 0.25) is 17.8 Å². The number of amides is 2. The molecule has 5 heterocycles. The molecule has 44 heavy (non-hydrogen) atoms. The van der Waals surface area contributed by atoms with Crippen molar-refractivity contribution in [2.75, 3.05) is 56.4 Å². The number of rotatable bonds is 12. The van der Waals surface area contributed by atoms with E-state index < -0.39 is 0 Å². The Morgan fingerprint density at radius 1 is 1.05 bits per heavy atom. The minimum absolute atomic E-state index is 0.0542. The van der Waals surface area contributed by atoms with E-state index in [0.29, 0.717) is 23.5 Å². The van der Waals surface area contributed by atoms with Crippen LogP contribution in [-0.4, -0.2) is 92.0 Å². The van der Waals surface area contributed by atoms with Crippen LogP contribution in [0.15, 0.2) is 58.7 Å². The number of benzene rings is 1. The molecule has 1 aromatic carbocycles. The number of likely N-dealkylation sites (tertiary alicyclic amines) is 2. The maximum atomic E-state index is 12.8. The average Bonchev–Trinajstić information content (AvgIpc) is 3.78. The van der Waals surface area contributed by atoms with E-state index in [9.17, 15) is 9.59 Å². The van der Waals surface area contributed by atoms with Gasteiger partial charge in [0.15, 0.2) is 11.0 Å². The number of carbonyl (C=O) groups excluding carboxylic acids is 2. The van der Waals surface area contributed by atoms with Gasteiger partial charge in [-0.2, -0.15) is 10.1 Å². The Bertz CT molecular complexity index is 1560. The van der Waals surface area contributed by atoms with Gasteiger partial charge in [-0.3, -0.25) is 24.0 Å². The lowest BCUT2D eigenvalue weighted by molar-refractivity contribution is -0.125. The molecule has 2 saturated heterocycles. The minimum Gasteiger partial charge on any atom is -0.356 e. The number of anilines is 3. The summed E-state index contributed by atoms with van der Waals surface area (Å²) < 4.78 is 1.87. The third kappa shape index (κ3) is 7.96. The van der Waals surface area contributed by atoms with Crippen LogP contribution in [0.1, 0.15) is 37.8 Å². The third-order valence-electron chi connectivity index (χ3n) is 8.07. The molecule has 0 saturated carbocycles. The van der Waals surface area contributed by atoms with Crippen molar-refractivity contribution >= 4 is 46.7 Å². The summed E-state index contributed by atoms with van der Waals surface area (Å²) in [5.41, 5.74) is 2.45. The van der Waals surface area contributed by atoms with Crippen LogP contribution in [0.25, 0.3) is 5.65 Å². The zero-order valence-electron chi connectivity index (χ0n) is 25.1. The Kier molecular flexibility index (Phi) is 9.73. The summed E-state index contributed by atoms with van der Waals surface area (Å²) in [6.45, 7) is 7.72. The number of nitrogens with one attached hydrogen (secondary N) is 4. The number of piperidine rings is 1.